The van der Waals surface area contributed by atoms with E-state index in [-0.39, 0.29) is 5.54 Å². The van der Waals surface area contributed by atoms with Crippen LogP contribution < -0.4 is 5.73 Å². The molecule has 0 aliphatic heterocycles. The van der Waals surface area contributed by atoms with E-state index in [0.29, 0.717) is 18.4 Å². The lowest BCUT2D eigenvalue weighted by molar-refractivity contribution is 0.369. The van der Waals surface area contributed by atoms with E-state index >= 15 is 0 Å². The van der Waals surface area contributed by atoms with E-state index in [1.807, 2.05) is 0 Å². The summed E-state index contributed by atoms with van der Waals surface area (Å²) in [4.78, 5) is 4.92. The summed E-state index contributed by atoms with van der Waals surface area (Å²) in [7, 11) is 0. The van der Waals surface area contributed by atoms with Crippen molar-refractivity contribution in [1.82, 2.24) is 9.55 Å². The van der Waals surface area contributed by atoms with Crippen molar-refractivity contribution >= 4 is 11.0 Å². The van der Waals surface area contributed by atoms with Crippen molar-refractivity contribution in [1.29, 1.82) is 0 Å². The van der Waals surface area contributed by atoms with E-state index in [4.69, 9.17) is 10.7 Å². The zero-order valence-electron chi connectivity index (χ0n) is 13.6. The number of nitrogens with two attached hydrogens (primary N) is 1. The van der Waals surface area contributed by atoms with Gasteiger partial charge in [-0.1, -0.05) is 26.8 Å². The fourth-order valence-corrected chi connectivity index (χ4v) is 2.58. The molecule has 1 unspecified atom stereocenters. The monoisotopic (exact) mass is 273 g/mol. The van der Waals surface area contributed by atoms with Crippen LogP contribution in [-0.4, -0.2) is 9.55 Å². The third-order valence-corrected chi connectivity index (χ3v) is 4.06. The van der Waals surface area contributed by atoms with Crippen LogP contribution in [0.5, 0.6) is 0 Å². The quantitative estimate of drug-likeness (QED) is 0.918. The SMILES string of the molecule is CC(C)C(C)c1nc2cc(CN)ccc2n1C(C)(C)C. The Labute approximate surface area is 122 Å². The third kappa shape index (κ3) is 2.59. The molecule has 3 nitrogen and oxygen atoms in total. The molecule has 1 atom stereocenters. The van der Waals surface area contributed by atoms with Crippen molar-refractivity contribution in [2.24, 2.45) is 11.7 Å². The zero-order chi connectivity index (χ0) is 15.1. The number of benzene rings is 1. The summed E-state index contributed by atoms with van der Waals surface area (Å²) in [6, 6.07) is 6.39. The molecule has 0 radical (unpaired) electrons. The third-order valence-electron chi connectivity index (χ3n) is 4.06. The normalized spacial score (nSPS) is 14.2. The van der Waals surface area contributed by atoms with Gasteiger partial charge in [-0.3, -0.25) is 0 Å². The maximum Gasteiger partial charge on any atom is 0.113 e. The second-order valence-electron chi connectivity index (χ2n) is 7.04. The van der Waals surface area contributed by atoms with Gasteiger partial charge in [0.05, 0.1) is 11.0 Å². The summed E-state index contributed by atoms with van der Waals surface area (Å²) in [5.74, 6) is 2.18. The highest BCUT2D eigenvalue weighted by Crippen LogP contribution is 2.32. The number of hydrogen-bond acceptors (Lipinski definition) is 2. The van der Waals surface area contributed by atoms with Crippen molar-refractivity contribution in [3.8, 4) is 0 Å². The average Bonchev–Trinajstić information content (AvgIpc) is 2.75. The van der Waals surface area contributed by atoms with Crippen LogP contribution in [0.2, 0.25) is 0 Å². The van der Waals surface area contributed by atoms with Crippen LogP contribution in [0.3, 0.4) is 0 Å². The van der Waals surface area contributed by atoms with Gasteiger partial charge in [0.15, 0.2) is 0 Å². The van der Waals surface area contributed by atoms with E-state index in [1.54, 1.807) is 0 Å². The van der Waals surface area contributed by atoms with Crippen molar-refractivity contribution in [2.75, 3.05) is 0 Å². The van der Waals surface area contributed by atoms with Gasteiger partial charge >= 0.3 is 0 Å². The van der Waals surface area contributed by atoms with Crippen LogP contribution in [0.4, 0.5) is 0 Å². The van der Waals surface area contributed by atoms with Crippen LogP contribution in [0, 0.1) is 5.92 Å². The van der Waals surface area contributed by atoms with E-state index in [1.165, 1.54) is 11.3 Å². The molecule has 0 saturated carbocycles. The number of rotatable bonds is 3. The average molecular weight is 273 g/mol. The molecule has 1 heterocycles. The van der Waals surface area contributed by atoms with Crippen LogP contribution in [0.15, 0.2) is 18.2 Å². The first kappa shape index (κ1) is 15.0. The molecule has 0 saturated heterocycles. The topological polar surface area (TPSA) is 43.8 Å². The van der Waals surface area contributed by atoms with Crippen LogP contribution in [0.1, 0.15) is 58.8 Å². The van der Waals surface area contributed by atoms with E-state index in [9.17, 15) is 0 Å². The number of imidazole rings is 1. The van der Waals surface area contributed by atoms with Gasteiger partial charge in [-0.05, 0) is 44.4 Å². The molecular weight excluding hydrogens is 246 g/mol. The van der Waals surface area contributed by atoms with E-state index < -0.39 is 0 Å². The molecule has 0 aliphatic rings. The van der Waals surface area contributed by atoms with Crippen molar-refractivity contribution < 1.29 is 0 Å². The maximum absolute atomic E-state index is 5.74. The van der Waals surface area contributed by atoms with Gasteiger partial charge in [0.25, 0.3) is 0 Å². The minimum atomic E-state index is 0.0253. The van der Waals surface area contributed by atoms with Gasteiger partial charge in [-0.25, -0.2) is 4.98 Å². The molecule has 0 amide bonds. The van der Waals surface area contributed by atoms with Gasteiger partial charge in [0, 0.05) is 18.0 Å². The van der Waals surface area contributed by atoms with Crippen LogP contribution in [0.25, 0.3) is 11.0 Å². The second-order valence-corrected chi connectivity index (χ2v) is 7.04. The Balaban J connectivity index is 2.72. The van der Waals surface area contributed by atoms with Crippen molar-refractivity contribution in [2.45, 2.75) is 59.5 Å². The number of fused-ring (bicyclic) bond motifs is 1. The Morgan fingerprint density at radius 3 is 2.35 bits per heavy atom. The lowest BCUT2D eigenvalue weighted by Gasteiger charge is -2.28. The summed E-state index contributed by atoms with van der Waals surface area (Å²) in [6.07, 6.45) is 0. The molecule has 1 aromatic heterocycles. The highest BCUT2D eigenvalue weighted by Gasteiger charge is 2.25. The fourth-order valence-electron chi connectivity index (χ4n) is 2.58. The predicted octanol–water partition coefficient (Wildman–Crippen LogP) is 4.01. The molecular formula is C17H27N3. The highest BCUT2D eigenvalue weighted by atomic mass is 15.1. The number of nitrogens with zero attached hydrogens (tertiary/aromatic N) is 2. The molecule has 0 fully saturated rings. The Morgan fingerprint density at radius 1 is 1.20 bits per heavy atom. The zero-order valence-corrected chi connectivity index (χ0v) is 13.6. The molecule has 2 aromatic rings. The first-order chi connectivity index (χ1) is 9.25. The van der Waals surface area contributed by atoms with Gasteiger partial charge in [-0.2, -0.15) is 0 Å². The lowest BCUT2D eigenvalue weighted by Crippen LogP contribution is -2.26. The standard InChI is InChI=1S/C17H27N3/c1-11(2)12(3)16-19-14-9-13(10-18)7-8-15(14)20(16)17(4,5)6/h7-9,11-12H,10,18H2,1-6H3. The van der Waals surface area contributed by atoms with Crippen molar-refractivity contribution in [3.63, 3.8) is 0 Å². The minimum absolute atomic E-state index is 0.0253. The largest absolute Gasteiger partial charge is 0.326 e. The molecule has 2 rings (SSSR count). The smallest absolute Gasteiger partial charge is 0.113 e. The number of aromatic nitrogens is 2. The minimum Gasteiger partial charge on any atom is -0.326 e. The summed E-state index contributed by atoms with van der Waals surface area (Å²) in [5.41, 5.74) is 9.18. The van der Waals surface area contributed by atoms with E-state index in [2.05, 4.69) is 64.3 Å². The summed E-state index contributed by atoms with van der Waals surface area (Å²) in [5, 5.41) is 0. The molecule has 20 heavy (non-hydrogen) atoms. The van der Waals surface area contributed by atoms with Crippen LogP contribution >= 0.6 is 0 Å². The molecule has 3 heteroatoms. The lowest BCUT2D eigenvalue weighted by atomic mass is 9.96. The molecule has 1 aromatic carbocycles. The molecule has 0 aliphatic carbocycles. The van der Waals surface area contributed by atoms with Gasteiger partial charge in [-0.15, -0.1) is 0 Å². The van der Waals surface area contributed by atoms with Crippen molar-refractivity contribution in [3.05, 3.63) is 29.6 Å². The van der Waals surface area contributed by atoms with Gasteiger partial charge in [0.2, 0.25) is 0 Å². The Kier molecular flexibility index (Phi) is 3.92. The molecule has 2 N–H and O–H groups in total. The Bertz CT molecular complexity index is 602. The fraction of sp³-hybridized carbons (Fsp3) is 0.588. The Morgan fingerprint density at radius 2 is 1.85 bits per heavy atom. The first-order valence-electron chi connectivity index (χ1n) is 7.47. The van der Waals surface area contributed by atoms with Gasteiger partial charge < -0.3 is 10.3 Å². The molecule has 0 spiro atoms. The summed E-state index contributed by atoms with van der Waals surface area (Å²) >= 11 is 0. The second kappa shape index (κ2) is 5.21. The summed E-state index contributed by atoms with van der Waals surface area (Å²) < 4.78 is 2.38. The molecule has 110 valence electrons. The van der Waals surface area contributed by atoms with Gasteiger partial charge in [0.1, 0.15) is 5.82 Å². The first-order valence-corrected chi connectivity index (χ1v) is 7.47. The van der Waals surface area contributed by atoms with E-state index in [0.717, 1.165) is 11.1 Å². The Hall–Kier alpha value is -1.35. The predicted molar refractivity (Wildman–Crippen MR) is 85.9 cm³/mol. The highest BCUT2D eigenvalue weighted by molar-refractivity contribution is 5.77. The van der Waals surface area contributed by atoms with Crippen LogP contribution in [-0.2, 0) is 12.1 Å². The molecule has 0 bridgehead atoms. The maximum atomic E-state index is 5.74. The summed E-state index contributed by atoms with van der Waals surface area (Å²) in [6.45, 7) is 14.0. The number of hydrogen-bond donors (Lipinski definition) is 1.